The summed E-state index contributed by atoms with van der Waals surface area (Å²) in [5, 5.41) is 20.5. The number of nitrogens with zero attached hydrogens (tertiary/aromatic N) is 2. The molecule has 1 atom stereocenters. The van der Waals surface area contributed by atoms with Gasteiger partial charge in [0.05, 0.1) is 23.2 Å². The molecule has 0 spiro atoms. The first-order valence-electron chi connectivity index (χ1n) is 8.37. The molecular weight excluding hydrogens is 531 g/mol. The Morgan fingerprint density at radius 1 is 1.48 bits per heavy atom. The molecule has 0 saturated carbocycles. The van der Waals surface area contributed by atoms with E-state index in [-0.39, 0.29) is 16.3 Å². The first-order chi connectivity index (χ1) is 13.8. The fraction of sp³-hybridized carbons (Fsp3) is 0.222. The third-order valence-electron chi connectivity index (χ3n) is 3.91. The molecule has 0 amide bonds. The van der Waals surface area contributed by atoms with E-state index in [1.807, 2.05) is 0 Å². The van der Waals surface area contributed by atoms with Gasteiger partial charge in [-0.3, -0.25) is 14.9 Å². The van der Waals surface area contributed by atoms with Crippen LogP contribution in [0, 0.1) is 10.1 Å². The summed E-state index contributed by atoms with van der Waals surface area (Å²) in [6.45, 7) is 2.03. The molecule has 0 bridgehead atoms. The van der Waals surface area contributed by atoms with E-state index in [1.54, 1.807) is 42.2 Å². The molecule has 11 heteroatoms. The maximum absolute atomic E-state index is 11.5. The van der Waals surface area contributed by atoms with Gasteiger partial charge < -0.3 is 19.2 Å². The van der Waals surface area contributed by atoms with E-state index >= 15 is 0 Å². The van der Waals surface area contributed by atoms with Crippen LogP contribution in [0.5, 0.6) is 5.75 Å². The normalized spacial score (nSPS) is 17.7. The highest BCUT2D eigenvalue weighted by Crippen LogP contribution is 2.41. The van der Waals surface area contributed by atoms with Crippen molar-refractivity contribution in [2.75, 3.05) is 13.2 Å². The molecule has 2 aromatic rings. The van der Waals surface area contributed by atoms with Gasteiger partial charge in [0.15, 0.2) is 0 Å². The predicted molar refractivity (Wildman–Crippen MR) is 122 cm³/mol. The summed E-state index contributed by atoms with van der Waals surface area (Å²) in [4.78, 5) is 24.4. The molecule has 1 N–H and O–H groups in total. The van der Waals surface area contributed by atoms with Gasteiger partial charge in [0.2, 0.25) is 0 Å². The molecule has 1 aliphatic rings. The number of alkyl halides is 1. The van der Waals surface area contributed by atoms with Crippen molar-refractivity contribution in [2.24, 2.45) is 0 Å². The lowest BCUT2D eigenvalue weighted by atomic mass is 10.1. The van der Waals surface area contributed by atoms with E-state index in [1.165, 1.54) is 17.8 Å². The number of carbonyl (C=O) groups is 1. The number of hydrogen-bond donors (Lipinski definition) is 1. The quantitative estimate of drug-likeness (QED) is 0.131. The van der Waals surface area contributed by atoms with Crippen LogP contribution in [0.1, 0.15) is 12.7 Å². The topological polar surface area (TPSA) is 106 Å². The molecule has 1 saturated heterocycles. The van der Waals surface area contributed by atoms with Crippen molar-refractivity contribution in [1.82, 2.24) is 4.90 Å². The first-order valence-corrected chi connectivity index (χ1v) is 10.8. The Balaban J connectivity index is 1.88. The van der Waals surface area contributed by atoms with Gasteiger partial charge in [-0.25, -0.2) is 0 Å². The smallest absolute Gasteiger partial charge is 0.323 e. The molecule has 8 nitrogen and oxygen atoms in total. The minimum absolute atomic E-state index is 0.111. The molecule has 1 fully saturated rings. The molecule has 1 unspecified atom stereocenters. The Hall–Kier alpha value is -2.12. The van der Waals surface area contributed by atoms with Crippen molar-refractivity contribution in [3.05, 3.63) is 51.1 Å². The summed E-state index contributed by atoms with van der Waals surface area (Å²) < 4.78 is 11.4. The van der Waals surface area contributed by atoms with Gasteiger partial charge in [0.1, 0.15) is 32.2 Å². The second kappa shape index (κ2) is 9.13. The monoisotopic (exact) mass is 546 g/mol. The molecule has 3 rings (SSSR count). The average molecular weight is 546 g/mol. The lowest BCUT2D eigenvalue weighted by Gasteiger charge is -2.18. The Morgan fingerprint density at radius 3 is 2.90 bits per heavy atom. The van der Waals surface area contributed by atoms with Gasteiger partial charge in [0.25, 0.3) is 5.69 Å². The van der Waals surface area contributed by atoms with E-state index in [2.05, 4.69) is 22.6 Å². The molecule has 1 aliphatic heterocycles. The maximum atomic E-state index is 11.5. The highest BCUT2D eigenvalue weighted by molar-refractivity contribution is 14.1. The van der Waals surface area contributed by atoms with Crippen molar-refractivity contribution in [3.63, 3.8) is 0 Å². The van der Waals surface area contributed by atoms with E-state index < -0.39 is 10.9 Å². The van der Waals surface area contributed by atoms with E-state index in [4.69, 9.17) is 26.5 Å². The largest absolute Gasteiger partial charge is 0.494 e. The molecule has 152 valence electrons. The third-order valence-corrected chi connectivity index (χ3v) is 7.14. The van der Waals surface area contributed by atoms with Crippen LogP contribution in [-0.2, 0) is 4.79 Å². The lowest BCUT2D eigenvalue weighted by molar-refractivity contribution is -0.384. The number of halogens is 1. The van der Waals surface area contributed by atoms with Crippen LogP contribution >= 0.6 is 46.6 Å². The van der Waals surface area contributed by atoms with E-state index in [9.17, 15) is 14.9 Å². The number of rotatable bonds is 7. The fourth-order valence-corrected chi connectivity index (χ4v) is 5.45. The number of ether oxygens (including phenoxy) is 1. The minimum atomic E-state index is -0.959. The number of nitro benzene ring substituents is 1. The number of benzene rings is 1. The van der Waals surface area contributed by atoms with Crippen LogP contribution in [0.4, 0.5) is 5.69 Å². The summed E-state index contributed by atoms with van der Waals surface area (Å²) in [7, 11) is 0. The Bertz CT molecular complexity index is 1010. The number of carboxylic acid groups (broad SMARTS) is 1. The van der Waals surface area contributed by atoms with Gasteiger partial charge in [-0.2, -0.15) is 0 Å². The summed E-state index contributed by atoms with van der Waals surface area (Å²) in [5.41, 5.74) is 0.233. The second-order valence-electron chi connectivity index (χ2n) is 5.84. The second-order valence-corrected chi connectivity index (χ2v) is 8.73. The van der Waals surface area contributed by atoms with Crippen molar-refractivity contribution in [2.45, 2.75) is 11.0 Å². The predicted octanol–water partition coefficient (Wildman–Crippen LogP) is 4.77. The van der Waals surface area contributed by atoms with Crippen LogP contribution < -0.4 is 4.74 Å². The van der Waals surface area contributed by atoms with Crippen molar-refractivity contribution in [1.29, 1.82) is 0 Å². The Kier molecular flexibility index (Phi) is 6.80. The number of carboxylic acids is 1. The molecule has 1 aromatic heterocycles. The zero-order valence-electron chi connectivity index (χ0n) is 15.0. The van der Waals surface area contributed by atoms with Gasteiger partial charge in [-0.1, -0.05) is 46.6 Å². The minimum Gasteiger partial charge on any atom is -0.494 e. The zero-order valence-corrected chi connectivity index (χ0v) is 18.8. The number of thioether (sulfide) groups is 1. The molecule has 2 heterocycles. The van der Waals surface area contributed by atoms with Crippen molar-refractivity contribution >= 4 is 68.6 Å². The van der Waals surface area contributed by atoms with Crippen LogP contribution in [0.25, 0.3) is 17.4 Å². The number of hydrogen-bond acceptors (Lipinski definition) is 7. The van der Waals surface area contributed by atoms with Crippen LogP contribution in [0.15, 0.2) is 39.7 Å². The average Bonchev–Trinajstić information content (AvgIpc) is 3.22. The standard InChI is InChI=1S/C18H15IN2O6S2/c1-2-26-10-3-5-12(13(7-10)21(24)25)14-6-4-11(27-14)8-15-17(19)20(9-16(22)23)18(28)29-15/h3-8,17H,2,9H2,1H3,(H,22,23)/b15-8+. The van der Waals surface area contributed by atoms with Crippen LogP contribution in [0.3, 0.4) is 0 Å². The number of furan rings is 1. The van der Waals surface area contributed by atoms with Crippen molar-refractivity contribution in [3.8, 4) is 17.1 Å². The highest BCUT2D eigenvalue weighted by Gasteiger charge is 2.33. The molecule has 1 aromatic carbocycles. The summed E-state index contributed by atoms with van der Waals surface area (Å²) in [6, 6.07) is 7.98. The van der Waals surface area contributed by atoms with Gasteiger partial charge >= 0.3 is 5.97 Å². The lowest BCUT2D eigenvalue weighted by Crippen LogP contribution is -2.33. The summed E-state index contributed by atoms with van der Waals surface area (Å²) in [6.07, 6.45) is 1.76. The molecule has 0 aliphatic carbocycles. The molecular formula is C18H15IN2O6S2. The maximum Gasteiger partial charge on any atom is 0.323 e. The van der Waals surface area contributed by atoms with Gasteiger partial charge in [-0.05, 0) is 37.3 Å². The number of nitro groups is 1. The number of aliphatic carboxylic acids is 1. The van der Waals surface area contributed by atoms with Gasteiger partial charge in [-0.15, -0.1) is 0 Å². The zero-order chi connectivity index (χ0) is 21.1. The Labute approximate surface area is 189 Å². The third kappa shape index (κ3) is 4.90. The van der Waals surface area contributed by atoms with E-state index in [0.717, 1.165) is 4.91 Å². The highest BCUT2D eigenvalue weighted by atomic mass is 127. The number of thiocarbonyl (C=S) groups is 1. The SMILES string of the molecule is CCOc1ccc(-c2ccc(/C=C3/SC(=S)N(CC(=O)O)C3I)o2)c([N+](=O)[O-])c1. The van der Waals surface area contributed by atoms with Gasteiger partial charge in [0, 0.05) is 4.91 Å². The first kappa shape index (κ1) is 21.6. The Morgan fingerprint density at radius 2 is 2.24 bits per heavy atom. The molecule has 0 radical (unpaired) electrons. The summed E-state index contributed by atoms with van der Waals surface area (Å²) >= 11 is 8.67. The molecule has 29 heavy (non-hydrogen) atoms. The fourth-order valence-electron chi connectivity index (χ4n) is 2.69. The van der Waals surface area contributed by atoms with E-state index in [0.29, 0.717) is 33.8 Å². The van der Waals surface area contributed by atoms with Crippen LogP contribution in [-0.4, -0.2) is 42.4 Å². The van der Waals surface area contributed by atoms with Crippen LogP contribution in [0.2, 0.25) is 0 Å². The van der Waals surface area contributed by atoms with Crippen molar-refractivity contribution < 1.29 is 24.0 Å². The summed E-state index contributed by atoms with van der Waals surface area (Å²) in [5.74, 6) is 0.301.